The first kappa shape index (κ1) is 19.9. The van der Waals surface area contributed by atoms with Crippen molar-refractivity contribution in [3.63, 3.8) is 0 Å². The number of nitrogens with zero attached hydrogens (tertiary/aromatic N) is 3. The van der Waals surface area contributed by atoms with Crippen LogP contribution in [0.25, 0.3) is 0 Å². The zero-order valence-corrected chi connectivity index (χ0v) is 16.2. The Labute approximate surface area is 115 Å². The van der Waals surface area contributed by atoms with Crippen molar-refractivity contribution in [1.29, 1.82) is 0 Å². The molecule has 0 rings (SSSR count). The fourth-order valence-corrected chi connectivity index (χ4v) is 8.87. The number of hydrogen-bond acceptors (Lipinski definition) is 4. The fourth-order valence-electron chi connectivity index (χ4n) is 1.16. The van der Waals surface area contributed by atoms with Crippen molar-refractivity contribution >= 4 is 0 Å². The minimum atomic E-state index is -1.58. The van der Waals surface area contributed by atoms with Gasteiger partial charge in [-0.3, -0.25) is 0 Å². The molecule has 105 valence electrons. The molecule has 0 unspecified atom stereocenters. The standard InChI is InChI=1S/C5H13N2.3C2H6N.Ta/c1-4-5(2,3)7-6;3*1-3-2;/h6-7H,4H2,1-3H3;3*1-2H3;/q;3*-1;+3. The van der Waals surface area contributed by atoms with Gasteiger partial charge in [-0.05, 0) is 20.3 Å². The first-order valence-electron chi connectivity index (χ1n) is 5.84. The van der Waals surface area contributed by atoms with E-state index in [4.69, 9.17) is 5.84 Å². The van der Waals surface area contributed by atoms with Crippen LogP contribution in [0, 0.1) is 0 Å². The third-order valence-corrected chi connectivity index (χ3v) is 10.0. The average Bonchev–Trinajstić information content (AvgIpc) is 2.16. The summed E-state index contributed by atoms with van der Waals surface area (Å²) in [6.45, 7) is 6.06. The minimum absolute atomic E-state index is 0. The van der Waals surface area contributed by atoms with Gasteiger partial charge in [0.25, 0.3) is 0 Å². The van der Waals surface area contributed by atoms with Gasteiger partial charge in [-0.25, -0.2) is 5.43 Å². The van der Waals surface area contributed by atoms with E-state index in [0.29, 0.717) is 0 Å². The second-order valence-electron chi connectivity index (χ2n) is 5.17. The molecule has 2 N–H and O–H groups in total. The summed E-state index contributed by atoms with van der Waals surface area (Å²) in [4.78, 5) is 0. The van der Waals surface area contributed by atoms with Crippen LogP contribution in [0.4, 0.5) is 0 Å². The van der Waals surface area contributed by atoms with Crippen LogP contribution in [0.5, 0.6) is 0 Å². The predicted octanol–water partition coefficient (Wildman–Crippen LogP) is 0.997. The number of hydrogen-bond donors (Lipinski definition) is 1. The van der Waals surface area contributed by atoms with Crippen LogP contribution < -0.4 is 11.3 Å². The zero-order valence-electron chi connectivity index (χ0n) is 13.0. The Morgan fingerprint density at radius 3 is 1.24 bits per heavy atom. The molecule has 0 amide bonds. The van der Waals surface area contributed by atoms with Gasteiger partial charge in [0.2, 0.25) is 0 Å². The van der Waals surface area contributed by atoms with Crippen molar-refractivity contribution in [2.75, 3.05) is 42.3 Å². The van der Waals surface area contributed by atoms with Gasteiger partial charge in [0.15, 0.2) is 0 Å². The molecule has 0 aromatic heterocycles. The maximum atomic E-state index is 6.76. The molecule has 5 nitrogen and oxygen atoms in total. The molecule has 0 aliphatic carbocycles. The molecule has 0 aromatic rings. The SMILES string of the molecule is CCC(C)(C)N[NH].C[N](C)[Ta]([N](C)C)[N](C)C. The van der Waals surface area contributed by atoms with Gasteiger partial charge in [-0.2, -0.15) is 5.84 Å². The van der Waals surface area contributed by atoms with E-state index >= 15 is 0 Å². The molecular weight excluding hydrogens is 383 g/mol. The molecule has 6 heteroatoms. The molecule has 0 saturated carbocycles. The second-order valence-corrected chi connectivity index (χ2v) is 15.7. The van der Waals surface area contributed by atoms with Crippen molar-refractivity contribution in [3.05, 3.63) is 0 Å². The third kappa shape index (κ3) is 10.2. The number of rotatable bonds is 5. The van der Waals surface area contributed by atoms with Crippen LogP contribution >= 0.6 is 0 Å². The third-order valence-electron chi connectivity index (χ3n) is 2.30. The molecule has 0 saturated heterocycles. The quantitative estimate of drug-likeness (QED) is 0.682. The molecule has 0 atom stereocenters. The van der Waals surface area contributed by atoms with E-state index in [1.807, 2.05) is 13.8 Å². The van der Waals surface area contributed by atoms with Crippen molar-refractivity contribution in [2.45, 2.75) is 32.7 Å². The van der Waals surface area contributed by atoms with Gasteiger partial charge >= 0.3 is 71.4 Å². The Morgan fingerprint density at radius 2 is 1.24 bits per heavy atom. The van der Waals surface area contributed by atoms with E-state index in [1.54, 1.807) is 0 Å². The van der Waals surface area contributed by atoms with Gasteiger partial charge < -0.3 is 0 Å². The van der Waals surface area contributed by atoms with Crippen LogP contribution in [0.15, 0.2) is 0 Å². The molecule has 0 aliphatic heterocycles. The normalized spacial score (nSPS) is 12.4. The first-order chi connectivity index (χ1) is 7.59. The summed E-state index contributed by atoms with van der Waals surface area (Å²) in [5.41, 5.74) is 2.44. The van der Waals surface area contributed by atoms with Gasteiger partial charge in [0.05, 0.1) is 0 Å². The molecule has 0 aliphatic rings. The molecule has 0 bridgehead atoms. The summed E-state index contributed by atoms with van der Waals surface area (Å²) >= 11 is -1.58. The Kier molecular flexibility index (Phi) is 11.1. The number of nitrogens with one attached hydrogen (secondary N) is 2. The average molecular weight is 414 g/mol. The Morgan fingerprint density at radius 1 is 0.941 bits per heavy atom. The summed E-state index contributed by atoms with van der Waals surface area (Å²) in [5, 5.41) is 0. The summed E-state index contributed by atoms with van der Waals surface area (Å²) in [6, 6.07) is 0. The van der Waals surface area contributed by atoms with Gasteiger partial charge in [0.1, 0.15) is 0 Å². The van der Waals surface area contributed by atoms with Crippen LogP contribution in [-0.2, 0) is 19.2 Å². The maximum absolute atomic E-state index is 6.76. The van der Waals surface area contributed by atoms with Crippen molar-refractivity contribution in [2.24, 2.45) is 0 Å². The first-order valence-corrected chi connectivity index (χ1v) is 10.2. The van der Waals surface area contributed by atoms with E-state index < -0.39 is 19.2 Å². The summed E-state index contributed by atoms with van der Waals surface area (Å²) in [6.07, 6.45) is 0.997. The predicted molar refractivity (Wildman–Crippen MR) is 71.7 cm³/mol. The van der Waals surface area contributed by atoms with Crippen LogP contribution in [-0.4, -0.2) is 57.7 Å². The topological polar surface area (TPSA) is 45.6 Å². The monoisotopic (exact) mass is 414 g/mol. The van der Waals surface area contributed by atoms with E-state index in [0.717, 1.165) is 6.42 Å². The van der Waals surface area contributed by atoms with E-state index in [-0.39, 0.29) is 5.54 Å². The van der Waals surface area contributed by atoms with E-state index in [1.165, 1.54) is 0 Å². The Bertz CT molecular complexity index is 158. The summed E-state index contributed by atoms with van der Waals surface area (Å²) in [5.74, 6) is 6.76. The molecule has 1 radical (unpaired) electrons. The molecule has 0 heterocycles. The molecule has 0 aromatic carbocycles. The van der Waals surface area contributed by atoms with E-state index in [2.05, 4.69) is 64.5 Å². The van der Waals surface area contributed by atoms with Gasteiger partial charge in [0, 0.05) is 5.54 Å². The zero-order chi connectivity index (χ0) is 14.2. The second kappa shape index (κ2) is 9.47. The van der Waals surface area contributed by atoms with Crippen molar-refractivity contribution in [1.82, 2.24) is 21.2 Å². The Balaban J connectivity index is 0. The molecular formula is C11H31N5Ta. The molecule has 0 spiro atoms. The van der Waals surface area contributed by atoms with Crippen LogP contribution in [0.2, 0.25) is 0 Å². The van der Waals surface area contributed by atoms with Crippen molar-refractivity contribution < 1.29 is 19.2 Å². The molecule has 17 heavy (non-hydrogen) atoms. The Hall–Kier alpha value is 0.540. The summed E-state index contributed by atoms with van der Waals surface area (Å²) < 4.78 is 7.11. The van der Waals surface area contributed by atoms with Crippen LogP contribution in [0.3, 0.4) is 0 Å². The summed E-state index contributed by atoms with van der Waals surface area (Å²) in [7, 11) is 13.0. The van der Waals surface area contributed by atoms with Crippen LogP contribution in [0.1, 0.15) is 27.2 Å². The van der Waals surface area contributed by atoms with E-state index in [9.17, 15) is 0 Å². The molecule has 0 fully saturated rings. The van der Waals surface area contributed by atoms with Gasteiger partial charge in [-0.15, -0.1) is 0 Å². The fraction of sp³-hybridized carbons (Fsp3) is 1.00. The van der Waals surface area contributed by atoms with Gasteiger partial charge in [-0.1, -0.05) is 6.92 Å². The van der Waals surface area contributed by atoms with Crippen molar-refractivity contribution in [3.8, 4) is 0 Å².